The number of ether oxygens (including phenoxy) is 2. The quantitative estimate of drug-likeness (QED) is 0.587. The molecule has 0 aliphatic rings. The second kappa shape index (κ2) is 5.43. The first-order valence-corrected chi connectivity index (χ1v) is 8.21. The van der Waals surface area contributed by atoms with Crippen LogP contribution in [0.4, 0.5) is 0 Å². The van der Waals surface area contributed by atoms with Gasteiger partial charge in [0.05, 0.1) is 30.6 Å². The van der Waals surface area contributed by atoms with Crippen molar-refractivity contribution in [2.75, 3.05) is 14.2 Å². The van der Waals surface area contributed by atoms with Crippen LogP contribution in [0.3, 0.4) is 0 Å². The predicted molar refractivity (Wildman–Crippen MR) is 101 cm³/mol. The topological polar surface area (TPSA) is 56.2 Å². The van der Waals surface area contributed by atoms with Gasteiger partial charge in [-0.1, -0.05) is 11.6 Å². The fourth-order valence-corrected chi connectivity index (χ4v) is 3.76. The highest BCUT2D eigenvalue weighted by Crippen LogP contribution is 2.46. The monoisotopic (exact) mass is 356 g/mol. The number of hydrogen-bond acceptors (Lipinski definition) is 3. The SMILES string of the molecule is COc1c2[nH]c3ccc(Cl)cc3c2c(OC)c2c1c(C)cc(=O)n2C. The maximum Gasteiger partial charge on any atom is 0.251 e. The van der Waals surface area contributed by atoms with Crippen LogP contribution in [0.2, 0.25) is 5.02 Å². The van der Waals surface area contributed by atoms with Crippen LogP contribution in [0.25, 0.3) is 32.7 Å². The molecule has 5 nitrogen and oxygen atoms in total. The van der Waals surface area contributed by atoms with Crippen molar-refractivity contribution in [2.24, 2.45) is 7.05 Å². The zero-order chi connectivity index (χ0) is 17.9. The minimum absolute atomic E-state index is 0.0948. The zero-order valence-corrected chi connectivity index (χ0v) is 15.1. The summed E-state index contributed by atoms with van der Waals surface area (Å²) in [5, 5.41) is 3.26. The number of methoxy groups -OCH3 is 2. The molecule has 6 heteroatoms. The molecule has 0 fully saturated rings. The molecule has 0 aliphatic carbocycles. The number of pyridine rings is 1. The van der Waals surface area contributed by atoms with E-state index in [1.54, 1.807) is 31.9 Å². The van der Waals surface area contributed by atoms with E-state index in [1.807, 2.05) is 25.1 Å². The third-order valence-electron chi connectivity index (χ3n) is 4.70. The molecule has 0 bridgehead atoms. The van der Waals surface area contributed by atoms with E-state index in [0.29, 0.717) is 22.0 Å². The molecule has 0 saturated carbocycles. The Morgan fingerprint density at radius 1 is 1.08 bits per heavy atom. The third-order valence-corrected chi connectivity index (χ3v) is 4.94. The van der Waals surface area contributed by atoms with Crippen molar-refractivity contribution in [3.05, 3.63) is 45.2 Å². The molecule has 128 valence electrons. The number of rotatable bonds is 2. The lowest BCUT2D eigenvalue weighted by Crippen LogP contribution is -2.17. The van der Waals surface area contributed by atoms with Gasteiger partial charge in [-0.25, -0.2) is 0 Å². The van der Waals surface area contributed by atoms with E-state index in [0.717, 1.165) is 32.8 Å². The molecule has 1 N–H and O–H groups in total. The van der Waals surface area contributed by atoms with Crippen LogP contribution < -0.4 is 15.0 Å². The van der Waals surface area contributed by atoms with Crippen LogP contribution in [-0.4, -0.2) is 23.8 Å². The van der Waals surface area contributed by atoms with Crippen molar-refractivity contribution in [3.63, 3.8) is 0 Å². The average molecular weight is 357 g/mol. The lowest BCUT2D eigenvalue weighted by atomic mass is 10.0. The van der Waals surface area contributed by atoms with Gasteiger partial charge in [-0.3, -0.25) is 4.79 Å². The molecule has 2 aromatic carbocycles. The summed E-state index contributed by atoms with van der Waals surface area (Å²) in [4.78, 5) is 15.8. The standard InChI is InChI=1S/C19H17ClN2O3/c1-9-7-13(23)22(2)17-14(9)18(24-3)16-15(19(17)25-4)11-8-10(20)5-6-12(11)21-16/h5-8,21H,1-4H3. The molecule has 4 rings (SSSR count). The van der Waals surface area contributed by atoms with Crippen LogP contribution in [0.1, 0.15) is 5.56 Å². The maximum atomic E-state index is 12.4. The van der Waals surface area contributed by atoms with Crippen LogP contribution in [-0.2, 0) is 7.05 Å². The summed E-state index contributed by atoms with van der Waals surface area (Å²) in [6.07, 6.45) is 0. The van der Waals surface area contributed by atoms with Crippen molar-refractivity contribution in [3.8, 4) is 11.5 Å². The number of fused-ring (bicyclic) bond motifs is 4. The van der Waals surface area contributed by atoms with Crippen molar-refractivity contribution in [1.29, 1.82) is 0 Å². The number of hydrogen-bond donors (Lipinski definition) is 1. The molecule has 2 aromatic heterocycles. The molecular weight excluding hydrogens is 340 g/mol. The second-order valence-corrected chi connectivity index (χ2v) is 6.52. The number of halogens is 1. The van der Waals surface area contributed by atoms with E-state index >= 15 is 0 Å². The molecule has 2 heterocycles. The Morgan fingerprint density at radius 2 is 1.80 bits per heavy atom. The van der Waals surface area contributed by atoms with E-state index in [1.165, 1.54) is 0 Å². The van der Waals surface area contributed by atoms with Gasteiger partial charge in [0.25, 0.3) is 5.56 Å². The van der Waals surface area contributed by atoms with Crippen molar-refractivity contribution < 1.29 is 9.47 Å². The van der Waals surface area contributed by atoms with E-state index < -0.39 is 0 Å². The molecule has 4 aromatic rings. The molecule has 0 amide bonds. The van der Waals surface area contributed by atoms with Gasteiger partial charge in [0.2, 0.25) is 0 Å². The number of benzene rings is 2. The van der Waals surface area contributed by atoms with Gasteiger partial charge in [0.1, 0.15) is 0 Å². The fraction of sp³-hybridized carbons (Fsp3) is 0.211. The number of H-pyrrole nitrogens is 1. The van der Waals surface area contributed by atoms with E-state index in [9.17, 15) is 4.79 Å². The Morgan fingerprint density at radius 3 is 2.48 bits per heavy atom. The van der Waals surface area contributed by atoms with E-state index in [4.69, 9.17) is 21.1 Å². The number of aryl methyl sites for hydroxylation is 2. The first kappa shape index (κ1) is 15.8. The largest absolute Gasteiger partial charge is 0.494 e. The van der Waals surface area contributed by atoms with E-state index in [-0.39, 0.29) is 5.56 Å². The van der Waals surface area contributed by atoms with Crippen LogP contribution in [0, 0.1) is 6.92 Å². The summed E-state index contributed by atoms with van der Waals surface area (Å²) >= 11 is 6.20. The van der Waals surface area contributed by atoms with Crippen LogP contribution in [0.5, 0.6) is 11.5 Å². The Hall–Kier alpha value is -2.66. The minimum atomic E-state index is -0.0948. The van der Waals surface area contributed by atoms with Gasteiger partial charge in [0.15, 0.2) is 11.5 Å². The van der Waals surface area contributed by atoms with Crippen molar-refractivity contribution >= 4 is 44.3 Å². The summed E-state index contributed by atoms with van der Waals surface area (Å²) in [7, 11) is 4.97. The average Bonchev–Trinajstić information content (AvgIpc) is 2.96. The molecule has 0 radical (unpaired) electrons. The normalized spacial score (nSPS) is 11.6. The summed E-state index contributed by atoms with van der Waals surface area (Å²) in [6, 6.07) is 7.25. The summed E-state index contributed by atoms with van der Waals surface area (Å²) in [5.74, 6) is 1.31. The summed E-state index contributed by atoms with van der Waals surface area (Å²) in [6.45, 7) is 1.90. The molecule has 0 atom stereocenters. The molecule has 0 unspecified atom stereocenters. The first-order chi connectivity index (χ1) is 12.0. The highest BCUT2D eigenvalue weighted by molar-refractivity contribution is 6.32. The van der Waals surface area contributed by atoms with Gasteiger partial charge in [-0.15, -0.1) is 0 Å². The molecule has 0 saturated heterocycles. The molecule has 0 aliphatic heterocycles. The zero-order valence-electron chi connectivity index (χ0n) is 14.4. The summed E-state index contributed by atoms with van der Waals surface area (Å²) in [5.41, 5.74) is 3.20. The third kappa shape index (κ3) is 2.05. The van der Waals surface area contributed by atoms with Gasteiger partial charge in [-0.05, 0) is 30.7 Å². The Labute approximate surface area is 148 Å². The Balaban J connectivity index is 2.43. The number of aromatic amines is 1. The lowest BCUT2D eigenvalue weighted by molar-refractivity contribution is 0.415. The first-order valence-electron chi connectivity index (χ1n) is 7.83. The molecular formula is C19H17ClN2O3. The lowest BCUT2D eigenvalue weighted by Gasteiger charge is -2.16. The second-order valence-electron chi connectivity index (χ2n) is 6.08. The minimum Gasteiger partial charge on any atom is -0.494 e. The Kier molecular flexibility index (Phi) is 3.44. The van der Waals surface area contributed by atoms with Gasteiger partial charge in [0, 0.05) is 34.4 Å². The number of nitrogens with zero attached hydrogens (tertiary/aromatic N) is 1. The number of aromatic nitrogens is 2. The van der Waals surface area contributed by atoms with E-state index in [2.05, 4.69) is 4.98 Å². The number of nitrogens with one attached hydrogen (secondary N) is 1. The van der Waals surface area contributed by atoms with Crippen molar-refractivity contribution in [2.45, 2.75) is 6.92 Å². The smallest absolute Gasteiger partial charge is 0.251 e. The fourth-order valence-electron chi connectivity index (χ4n) is 3.59. The van der Waals surface area contributed by atoms with Crippen LogP contribution >= 0.6 is 11.6 Å². The van der Waals surface area contributed by atoms with Gasteiger partial charge >= 0.3 is 0 Å². The highest BCUT2D eigenvalue weighted by Gasteiger charge is 2.23. The van der Waals surface area contributed by atoms with Crippen LogP contribution in [0.15, 0.2) is 29.1 Å². The van der Waals surface area contributed by atoms with Gasteiger partial charge < -0.3 is 19.0 Å². The van der Waals surface area contributed by atoms with Crippen molar-refractivity contribution in [1.82, 2.24) is 9.55 Å². The molecule has 0 spiro atoms. The summed E-state index contributed by atoms with van der Waals surface area (Å²) < 4.78 is 13.1. The highest BCUT2D eigenvalue weighted by atomic mass is 35.5. The molecule has 25 heavy (non-hydrogen) atoms. The van der Waals surface area contributed by atoms with Gasteiger partial charge in [-0.2, -0.15) is 0 Å². The maximum absolute atomic E-state index is 12.4. The predicted octanol–water partition coefficient (Wildman–Crippen LogP) is 4.15. The Bertz CT molecular complexity index is 1220.